The average molecular weight is 1980 g/mol. The third-order valence-electron chi connectivity index (χ3n) is 21.4. The number of unbranched alkanes of at least 4 members (excludes halogenated alkanes) is 12. The zero-order valence-corrected chi connectivity index (χ0v) is 80.7. The Bertz CT molecular complexity index is 5120. The molecule has 0 amide bonds. The number of benzene rings is 7. The van der Waals surface area contributed by atoms with Gasteiger partial charge in [-0.1, -0.05) is 255 Å². The van der Waals surface area contributed by atoms with Crippen molar-refractivity contribution in [3.63, 3.8) is 0 Å². The van der Waals surface area contributed by atoms with Gasteiger partial charge >= 0.3 is 20.1 Å². The van der Waals surface area contributed by atoms with Crippen LogP contribution in [0.25, 0.3) is 101 Å². The SMILES string of the molecule is CCCCCCc1cc(-c2ccc(-c3ccc(-c4ccc(C)cn4)cc3CCCCCC)cn2)[c-]cc1C.CCCCCCc1cc(-c2ccc(Br)cn2)ccc1Br.CCCCCCc1cc(-c2ccc(C)cn2)ccc1C.[Ir+3].[c-]1ccccc1-c1ccccn1.[c-]1ccccc1-c1ccccn1.c1ccc(-c2ccccn2)cc1.c1ccc(-c2cccnc2)nc1. The van der Waals surface area contributed by atoms with Crippen molar-refractivity contribution in [1.29, 1.82) is 0 Å². The molecule has 9 heterocycles. The molecule has 0 radical (unpaired) electrons. The first-order chi connectivity index (χ1) is 61.9. The molecular formula is C115H120Br2IrN9. The Morgan fingerprint density at radius 1 is 0.260 bits per heavy atom. The minimum absolute atomic E-state index is 0. The van der Waals surface area contributed by atoms with E-state index in [1.54, 1.807) is 24.8 Å². The Labute approximate surface area is 788 Å². The van der Waals surface area contributed by atoms with Gasteiger partial charge in [-0.3, -0.25) is 29.9 Å². The van der Waals surface area contributed by atoms with Crippen molar-refractivity contribution in [3.05, 3.63) is 413 Å². The topological polar surface area (TPSA) is 116 Å². The molecule has 0 aliphatic carbocycles. The number of pyridine rings is 9. The minimum atomic E-state index is 0. The van der Waals surface area contributed by atoms with E-state index >= 15 is 0 Å². The summed E-state index contributed by atoms with van der Waals surface area (Å²) in [5.74, 6) is 0. The maximum absolute atomic E-state index is 4.90. The first-order valence-corrected chi connectivity index (χ1v) is 46.5. The van der Waals surface area contributed by atoms with Gasteiger partial charge in [0.25, 0.3) is 0 Å². The standard InChI is InChI=1S/C36H43N2.C19H25N.C17H19Br2N.C11H9N.2C11H8N.C10H8N2.Ir/c1-5-7-9-11-13-29-23-31(17-16-28(29)4)36-22-19-33(26-38-36)34-20-18-32(35-21-15-27(3)25-37-35)24-30(34)14-12-10-8-6-2;1-4-5-6-7-8-17-13-18(11-10-16(17)3)19-12-9-15(2)14-20-19;1-2-3-4-5-6-13-11-14(7-9-16(13)19)17-10-8-15(18)12-20-17;3*1-2-6-10(7-3-1)11-8-4-5-9-12-11;1-2-7-12-10(5-1)9-4-3-6-11-8-9;/h15-16,18-26H,5-14H2,1-4H3;9-14H,4-8H2,1-3H3;7-12H,2-6H2,1H3;1-9H;2*1-6,8-9H;1-8H;/q-1;;;;2*-1;;+3. The maximum Gasteiger partial charge on any atom is 3.00 e. The second-order valence-electron chi connectivity index (χ2n) is 31.4. The first kappa shape index (κ1) is 99.3. The van der Waals surface area contributed by atoms with E-state index in [0.717, 1.165) is 97.1 Å². The zero-order valence-electron chi connectivity index (χ0n) is 75.1. The number of hydrogen-bond acceptors (Lipinski definition) is 9. The summed E-state index contributed by atoms with van der Waals surface area (Å²) in [5.41, 5.74) is 30.3. The van der Waals surface area contributed by atoms with Crippen molar-refractivity contribution >= 4 is 31.9 Å². The Morgan fingerprint density at radius 2 is 0.669 bits per heavy atom. The number of aryl methyl sites for hydroxylation is 8. The number of hydrogen-bond donors (Lipinski definition) is 0. The van der Waals surface area contributed by atoms with E-state index < -0.39 is 0 Å². The normalized spacial score (nSPS) is 10.4. The van der Waals surface area contributed by atoms with Crippen molar-refractivity contribution < 1.29 is 20.1 Å². The molecule has 0 atom stereocenters. The molecular weight excluding hydrogens is 1860 g/mol. The van der Waals surface area contributed by atoms with Crippen LogP contribution in [0.1, 0.15) is 175 Å². The number of rotatable bonds is 29. The smallest absolute Gasteiger partial charge is 0.305 e. The molecule has 648 valence electrons. The predicted molar refractivity (Wildman–Crippen MR) is 536 cm³/mol. The fourth-order valence-electron chi connectivity index (χ4n) is 14.1. The summed E-state index contributed by atoms with van der Waals surface area (Å²) in [5, 5.41) is 0. The molecule has 9 aromatic heterocycles. The second-order valence-corrected chi connectivity index (χ2v) is 33.1. The summed E-state index contributed by atoms with van der Waals surface area (Å²) in [6.07, 6.45) is 43.6. The Kier molecular flexibility index (Phi) is 44.8. The summed E-state index contributed by atoms with van der Waals surface area (Å²) >= 11 is 7.08. The molecule has 16 aromatic rings. The van der Waals surface area contributed by atoms with Crippen LogP contribution in [0.15, 0.2) is 350 Å². The van der Waals surface area contributed by atoms with E-state index in [1.807, 2.05) is 201 Å². The fourth-order valence-corrected chi connectivity index (χ4v) is 14.8. The van der Waals surface area contributed by atoms with E-state index in [1.165, 1.54) is 186 Å². The number of halogens is 2. The molecule has 0 N–H and O–H groups in total. The molecule has 0 fully saturated rings. The monoisotopic (exact) mass is 1980 g/mol. The van der Waals surface area contributed by atoms with Crippen LogP contribution >= 0.6 is 31.9 Å². The Hall–Kier alpha value is -11.5. The quantitative estimate of drug-likeness (QED) is 0.0334. The third-order valence-corrected chi connectivity index (χ3v) is 22.7. The van der Waals surface area contributed by atoms with Gasteiger partial charge in [0.05, 0.1) is 28.5 Å². The molecule has 16 rings (SSSR count). The van der Waals surface area contributed by atoms with Crippen LogP contribution < -0.4 is 0 Å². The van der Waals surface area contributed by atoms with Gasteiger partial charge < -0.3 is 15.0 Å². The summed E-state index contributed by atoms with van der Waals surface area (Å²) in [7, 11) is 0. The van der Waals surface area contributed by atoms with Crippen LogP contribution in [0.3, 0.4) is 0 Å². The molecule has 0 unspecified atom stereocenters. The van der Waals surface area contributed by atoms with E-state index in [0.29, 0.717) is 0 Å². The van der Waals surface area contributed by atoms with Crippen LogP contribution in [0.5, 0.6) is 0 Å². The van der Waals surface area contributed by atoms with Crippen LogP contribution in [0, 0.1) is 45.9 Å². The first-order valence-electron chi connectivity index (χ1n) is 44.9. The molecule has 9 nitrogen and oxygen atoms in total. The van der Waals surface area contributed by atoms with Crippen molar-refractivity contribution in [1.82, 2.24) is 44.9 Å². The maximum atomic E-state index is 4.90. The summed E-state index contributed by atoms with van der Waals surface area (Å²) < 4.78 is 2.22. The van der Waals surface area contributed by atoms with Gasteiger partial charge in [-0.25, -0.2) is 0 Å². The number of aromatic nitrogens is 9. The van der Waals surface area contributed by atoms with Crippen molar-refractivity contribution in [2.24, 2.45) is 0 Å². The largest absolute Gasteiger partial charge is 3.00 e. The molecule has 0 aliphatic rings. The summed E-state index contributed by atoms with van der Waals surface area (Å²) in [6, 6.07) is 104. The van der Waals surface area contributed by atoms with E-state index in [9.17, 15) is 0 Å². The zero-order chi connectivity index (χ0) is 88.4. The van der Waals surface area contributed by atoms with E-state index in [2.05, 4.69) is 261 Å². The third kappa shape index (κ3) is 34.7. The van der Waals surface area contributed by atoms with E-state index in [-0.39, 0.29) is 20.1 Å². The molecule has 0 saturated heterocycles. The van der Waals surface area contributed by atoms with Crippen molar-refractivity contribution in [2.75, 3.05) is 0 Å². The van der Waals surface area contributed by atoms with Gasteiger partial charge in [-0.15, -0.1) is 107 Å². The molecule has 0 saturated carbocycles. The van der Waals surface area contributed by atoms with E-state index in [4.69, 9.17) is 4.98 Å². The van der Waals surface area contributed by atoms with Crippen LogP contribution in [0.4, 0.5) is 0 Å². The van der Waals surface area contributed by atoms with Crippen molar-refractivity contribution in [2.45, 2.75) is 184 Å². The van der Waals surface area contributed by atoms with Crippen LogP contribution in [-0.4, -0.2) is 44.9 Å². The Balaban J connectivity index is 0.000000176. The van der Waals surface area contributed by atoms with Crippen LogP contribution in [0.2, 0.25) is 0 Å². The van der Waals surface area contributed by atoms with Gasteiger partial charge in [0.15, 0.2) is 0 Å². The minimum Gasteiger partial charge on any atom is -0.305 e. The molecule has 127 heavy (non-hydrogen) atoms. The second kappa shape index (κ2) is 57.3. The van der Waals surface area contributed by atoms with Crippen molar-refractivity contribution in [3.8, 4) is 101 Å². The summed E-state index contributed by atoms with van der Waals surface area (Å²) in [4.78, 5) is 39.5. The molecule has 0 spiro atoms. The fraction of sp³-hybridized carbons (Fsp3) is 0.243. The molecule has 12 heteroatoms. The Morgan fingerprint density at radius 3 is 1.13 bits per heavy atom. The summed E-state index contributed by atoms with van der Waals surface area (Å²) in [6.45, 7) is 17.6. The van der Waals surface area contributed by atoms with Gasteiger partial charge in [0.1, 0.15) is 0 Å². The van der Waals surface area contributed by atoms with Gasteiger partial charge in [-0.05, 0) is 240 Å². The number of nitrogens with zero attached hydrogens (tertiary/aromatic N) is 9. The van der Waals surface area contributed by atoms with Crippen LogP contribution in [-0.2, 0) is 45.8 Å². The predicted octanol–water partition coefficient (Wildman–Crippen LogP) is 32.0. The molecule has 0 bridgehead atoms. The van der Waals surface area contributed by atoms with Gasteiger partial charge in [0, 0.05) is 98.7 Å². The molecule has 0 aliphatic heterocycles. The van der Waals surface area contributed by atoms with Gasteiger partial charge in [0.2, 0.25) is 0 Å². The van der Waals surface area contributed by atoms with Gasteiger partial charge in [-0.2, -0.15) is 0 Å². The molecule has 7 aromatic carbocycles. The average Bonchev–Trinajstić information content (AvgIpc) is 0.761.